The summed E-state index contributed by atoms with van der Waals surface area (Å²) in [6.45, 7) is -0.839. The lowest BCUT2D eigenvalue weighted by Crippen LogP contribution is -2.40. The van der Waals surface area contributed by atoms with Crippen LogP contribution in [-0.2, 0) is 0 Å². The monoisotopic (exact) mass is 295 g/mol. The number of rotatable bonds is 3. The van der Waals surface area contributed by atoms with Crippen molar-refractivity contribution in [3.8, 4) is 0 Å². The third-order valence-corrected chi connectivity index (χ3v) is 4.29. The highest BCUT2D eigenvalue weighted by Crippen LogP contribution is 2.29. The molecule has 0 bridgehead atoms. The predicted molar refractivity (Wildman–Crippen MR) is 64.1 cm³/mol. The van der Waals surface area contributed by atoms with Crippen LogP contribution < -0.4 is 5.32 Å². The van der Waals surface area contributed by atoms with Gasteiger partial charge in [-0.2, -0.15) is 13.2 Å². The maximum Gasteiger partial charge on any atom is 0.416 e. The molecule has 0 saturated carbocycles. The largest absolute Gasteiger partial charge is 0.416 e. The highest BCUT2D eigenvalue weighted by molar-refractivity contribution is 7.27. The number of aliphatic hydroxyl groups excluding tert-OH is 1. The summed E-state index contributed by atoms with van der Waals surface area (Å²) in [6, 6.07) is 3.46. The van der Waals surface area contributed by atoms with Gasteiger partial charge in [-0.05, 0) is 17.5 Å². The van der Waals surface area contributed by atoms with Crippen LogP contribution in [0.3, 0.4) is 0 Å². The molecule has 18 heavy (non-hydrogen) atoms. The molecule has 3 nitrogen and oxygen atoms in total. The SMILES string of the molecule is O=C(NCC(O)C(F)(F)F)c1cc2sccc2s1. The van der Waals surface area contributed by atoms with Crippen LogP contribution in [0.4, 0.5) is 13.2 Å². The van der Waals surface area contributed by atoms with E-state index in [1.165, 1.54) is 22.7 Å². The Morgan fingerprint density at radius 1 is 1.44 bits per heavy atom. The van der Waals surface area contributed by atoms with Crippen LogP contribution in [0.15, 0.2) is 17.5 Å². The van der Waals surface area contributed by atoms with Gasteiger partial charge in [0.1, 0.15) is 0 Å². The Morgan fingerprint density at radius 3 is 2.78 bits per heavy atom. The molecule has 0 aromatic carbocycles. The van der Waals surface area contributed by atoms with Crippen molar-refractivity contribution in [2.75, 3.05) is 6.54 Å². The zero-order valence-corrected chi connectivity index (χ0v) is 10.5. The van der Waals surface area contributed by atoms with E-state index in [0.717, 1.165) is 9.40 Å². The Morgan fingerprint density at radius 2 is 2.17 bits per heavy atom. The van der Waals surface area contributed by atoms with E-state index < -0.39 is 24.7 Å². The third kappa shape index (κ3) is 2.82. The molecule has 2 rings (SSSR count). The van der Waals surface area contributed by atoms with Gasteiger partial charge in [0.2, 0.25) is 0 Å². The van der Waals surface area contributed by atoms with Gasteiger partial charge in [0.25, 0.3) is 5.91 Å². The number of carbonyl (C=O) groups is 1. The average Bonchev–Trinajstić information content (AvgIpc) is 2.83. The number of aliphatic hydroxyl groups is 1. The second-order valence-corrected chi connectivity index (χ2v) is 5.56. The minimum Gasteiger partial charge on any atom is -0.382 e. The van der Waals surface area contributed by atoms with E-state index in [2.05, 4.69) is 5.32 Å². The van der Waals surface area contributed by atoms with Crippen molar-refractivity contribution in [1.29, 1.82) is 0 Å². The van der Waals surface area contributed by atoms with Crippen LogP contribution in [0, 0.1) is 0 Å². The summed E-state index contributed by atoms with van der Waals surface area (Å²) in [5.74, 6) is -0.605. The number of carbonyl (C=O) groups excluding carboxylic acids is 1. The average molecular weight is 295 g/mol. The molecular formula is C10H8F3NO2S2. The zero-order chi connectivity index (χ0) is 13.3. The Bertz CT molecular complexity index is 532. The number of amides is 1. The lowest BCUT2D eigenvalue weighted by molar-refractivity contribution is -0.201. The summed E-state index contributed by atoms with van der Waals surface area (Å²) in [5, 5.41) is 12.7. The molecular weight excluding hydrogens is 287 g/mol. The standard InChI is InChI=1S/C10H8F3NO2S2/c11-10(12,13)8(15)4-14-9(16)7-3-6-5(18-7)1-2-17-6/h1-3,8,15H,4H2,(H,14,16). The quantitative estimate of drug-likeness (QED) is 0.914. The molecule has 2 aromatic rings. The summed E-state index contributed by atoms with van der Waals surface area (Å²) >= 11 is 2.66. The van der Waals surface area contributed by atoms with Gasteiger partial charge in [-0.1, -0.05) is 0 Å². The van der Waals surface area contributed by atoms with Gasteiger partial charge in [0.05, 0.1) is 11.4 Å². The fourth-order valence-electron chi connectivity index (χ4n) is 1.27. The summed E-state index contributed by atoms with van der Waals surface area (Å²) < 4.78 is 37.9. The molecule has 8 heteroatoms. The summed E-state index contributed by atoms with van der Waals surface area (Å²) in [7, 11) is 0. The van der Waals surface area contributed by atoms with E-state index in [0.29, 0.717) is 4.88 Å². The molecule has 0 spiro atoms. The first-order valence-corrected chi connectivity index (χ1v) is 6.57. The molecule has 98 valence electrons. The van der Waals surface area contributed by atoms with E-state index in [-0.39, 0.29) is 0 Å². The molecule has 1 unspecified atom stereocenters. The van der Waals surface area contributed by atoms with Crippen molar-refractivity contribution in [3.05, 3.63) is 22.4 Å². The second-order valence-electron chi connectivity index (χ2n) is 3.53. The van der Waals surface area contributed by atoms with Gasteiger partial charge < -0.3 is 10.4 Å². The molecule has 2 heterocycles. The first-order chi connectivity index (χ1) is 8.38. The fraction of sp³-hybridized carbons (Fsp3) is 0.300. The second kappa shape index (κ2) is 4.87. The van der Waals surface area contributed by atoms with Crippen LogP contribution in [0.1, 0.15) is 9.67 Å². The van der Waals surface area contributed by atoms with Crippen molar-refractivity contribution < 1.29 is 23.1 Å². The van der Waals surface area contributed by atoms with E-state index in [1.54, 1.807) is 6.07 Å². The predicted octanol–water partition coefficient (Wildman–Crippen LogP) is 2.62. The summed E-state index contributed by atoms with van der Waals surface area (Å²) in [4.78, 5) is 11.9. The lowest BCUT2D eigenvalue weighted by Gasteiger charge is -2.14. The maximum atomic E-state index is 12.0. The Balaban J connectivity index is 1.98. The summed E-state index contributed by atoms with van der Waals surface area (Å²) in [5.41, 5.74) is 0. The van der Waals surface area contributed by atoms with Crippen molar-refractivity contribution >= 4 is 38.0 Å². The first kappa shape index (κ1) is 13.3. The normalized spacial score (nSPS) is 13.8. The van der Waals surface area contributed by atoms with Crippen LogP contribution in [0.25, 0.3) is 9.40 Å². The molecule has 0 fully saturated rings. The van der Waals surface area contributed by atoms with Crippen molar-refractivity contribution in [3.63, 3.8) is 0 Å². The number of halogens is 3. The third-order valence-electron chi connectivity index (χ3n) is 2.20. The van der Waals surface area contributed by atoms with Crippen molar-refractivity contribution in [1.82, 2.24) is 5.32 Å². The van der Waals surface area contributed by atoms with Crippen LogP contribution in [0.5, 0.6) is 0 Å². The summed E-state index contributed by atoms with van der Waals surface area (Å²) in [6.07, 6.45) is -7.26. The number of fused-ring (bicyclic) bond motifs is 1. The number of nitrogens with one attached hydrogen (secondary N) is 1. The first-order valence-electron chi connectivity index (χ1n) is 4.88. The van der Waals surface area contributed by atoms with Gasteiger partial charge in [-0.3, -0.25) is 4.79 Å². The Kier molecular flexibility index (Phi) is 3.60. The molecule has 0 aliphatic rings. The number of hydrogen-bond acceptors (Lipinski definition) is 4. The molecule has 2 N–H and O–H groups in total. The molecule has 0 aliphatic heterocycles. The maximum absolute atomic E-state index is 12.0. The van der Waals surface area contributed by atoms with Crippen LogP contribution in [-0.4, -0.2) is 29.8 Å². The molecule has 0 radical (unpaired) electrons. The molecule has 2 aromatic heterocycles. The molecule has 0 aliphatic carbocycles. The van der Waals surface area contributed by atoms with Gasteiger partial charge in [0, 0.05) is 9.40 Å². The molecule has 1 atom stereocenters. The van der Waals surface area contributed by atoms with Gasteiger partial charge in [-0.25, -0.2) is 0 Å². The van der Waals surface area contributed by atoms with Gasteiger partial charge in [-0.15, -0.1) is 22.7 Å². The topological polar surface area (TPSA) is 49.3 Å². The van der Waals surface area contributed by atoms with E-state index >= 15 is 0 Å². The smallest absolute Gasteiger partial charge is 0.382 e. The van der Waals surface area contributed by atoms with E-state index in [9.17, 15) is 18.0 Å². The number of hydrogen-bond donors (Lipinski definition) is 2. The molecule has 1 amide bonds. The van der Waals surface area contributed by atoms with Crippen LogP contribution in [0.2, 0.25) is 0 Å². The molecule has 0 saturated heterocycles. The number of thiophene rings is 2. The Labute approximate surface area is 108 Å². The van der Waals surface area contributed by atoms with Crippen molar-refractivity contribution in [2.24, 2.45) is 0 Å². The lowest BCUT2D eigenvalue weighted by atomic mass is 10.3. The van der Waals surface area contributed by atoms with E-state index in [1.807, 2.05) is 11.4 Å². The van der Waals surface area contributed by atoms with Crippen molar-refractivity contribution in [2.45, 2.75) is 12.3 Å². The highest BCUT2D eigenvalue weighted by atomic mass is 32.1. The minimum atomic E-state index is -4.72. The van der Waals surface area contributed by atoms with Crippen LogP contribution >= 0.6 is 22.7 Å². The fourth-order valence-corrected chi connectivity index (χ4v) is 3.29. The number of alkyl halides is 3. The zero-order valence-electron chi connectivity index (χ0n) is 8.82. The van der Waals surface area contributed by atoms with Gasteiger partial charge >= 0.3 is 6.18 Å². The minimum absolute atomic E-state index is 0.339. The van der Waals surface area contributed by atoms with Gasteiger partial charge in [0.15, 0.2) is 6.10 Å². The Hall–Kier alpha value is -1.12. The van der Waals surface area contributed by atoms with E-state index in [4.69, 9.17) is 5.11 Å². The highest BCUT2D eigenvalue weighted by Gasteiger charge is 2.38.